The molecule has 1 aliphatic rings. The average Bonchev–Trinajstić information content (AvgIpc) is 3.04. The minimum atomic E-state index is 0.0749. The van der Waals surface area contributed by atoms with E-state index < -0.39 is 0 Å². The number of halogens is 1. The van der Waals surface area contributed by atoms with Crippen molar-refractivity contribution >= 4 is 40.2 Å². The van der Waals surface area contributed by atoms with Gasteiger partial charge in [0, 0.05) is 45.9 Å². The number of aromatic nitrogens is 1. The molecule has 2 aromatic carbocycles. The third-order valence-corrected chi connectivity index (χ3v) is 6.63. The molecule has 6 heteroatoms. The first-order valence-electron chi connectivity index (χ1n) is 9.88. The first kappa shape index (κ1) is 20.3. The normalized spacial score (nSPS) is 19.6. The van der Waals surface area contributed by atoms with E-state index in [-0.39, 0.29) is 18.1 Å². The van der Waals surface area contributed by atoms with E-state index in [0.29, 0.717) is 19.6 Å². The molecule has 4 nitrogen and oxygen atoms in total. The Bertz CT molecular complexity index is 1010. The van der Waals surface area contributed by atoms with Gasteiger partial charge in [-0.1, -0.05) is 48.0 Å². The van der Waals surface area contributed by atoms with Gasteiger partial charge in [-0.2, -0.15) is 0 Å². The van der Waals surface area contributed by atoms with Crippen molar-refractivity contribution in [3.8, 4) is 0 Å². The lowest BCUT2D eigenvalue weighted by atomic mass is 10.2. The Morgan fingerprint density at radius 3 is 2.55 bits per heavy atom. The predicted molar refractivity (Wildman–Crippen MR) is 120 cm³/mol. The monoisotopic (exact) mass is 428 g/mol. The molecule has 0 radical (unpaired) electrons. The van der Waals surface area contributed by atoms with Crippen LogP contribution in [0.25, 0.3) is 10.9 Å². The largest absolute Gasteiger partial charge is 0.372 e. The van der Waals surface area contributed by atoms with Gasteiger partial charge < -0.3 is 14.2 Å². The highest BCUT2D eigenvalue weighted by molar-refractivity contribution is 7.98. The summed E-state index contributed by atoms with van der Waals surface area (Å²) < 4.78 is 7.83. The number of fused-ring (bicyclic) bond motifs is 1. The smallest absolute Gasteiger partial charge is 0.242 e. The SMILES string of the molecule is CC1CN(C(=O)Cn2cc(SCc3ccccc3Cl)c3ccccc32)CC(C)O1. The number of hydrogen-bond acceptors (Lipinski definition) is 3. The number of thioether (sulfide) groups is 1. The summed E-state index contributed by atoms with van der Waals surface area (Å²) in [6.07, 6.45) is 2.24. The third kappa shape index (κ3) is 4.63. The predicted octanol–water partition coefficient (Wildman–Crippen LogP) is 5.22. The van der Waals surface area contributed by atoms with Gasteiger partial charge in [0.1, 0.15) is 6.54 Å². The van der Waals surface area contributed by atoms with Crippen molar-refractivity contribution in [1.82, 2.24) is 9.47 Å². The highest BCUT2D eigenvalue weighted by atomic mass is 35.5. The fourth-order valence-electron chi connectivity index (χ4n) is 3.86. The molecule has 0 bridgehead atoms. The molecule has 0 spiro atoms. The van der Waals surface area contributed by atoms with Gasteiger partial charge in [0.15, 0.2) is 0 Å². The fourth-order valence-corrected chi connectivity index (χ4v) is 5.23. The molecule has 2 atom stereocenters. The van der Waals surface area contributed by atoms with Gasteiger partial charge in [0.25, 0.3) is 0 Å². The number of hydrogen-bond donors (Lipinski definition) is 0. The minimum absolute atomic E-state index is 0.0749. The Morgan fingerprint density at radius 1 is 1.10 bits per heavy atom. The van der Waals surface area contributed by atoms with E-state index in [1.807, 2.05) is 49.1 Å². The van der Waals surface area contributed by atoms with Crippen LogP contribution < -0.4 is 0 Å². The minimum Gasteiger partial charge on any atom is -0.372 e. The van der Waals surface area contributed by atoms with Crippen LogP contribution >= 0.6 is 23.4 Å². The molecule has 0 N–H and O–H groups in total. The van der Waals surface area contributed by atoms with Gasteiger partial charge in [-0.05, 0) is 31.5 Å². The number of nitrogens with zero attached hydrogens (tertiary/aromatic N) is 2. The average molecular weight is 429 g/mol. The van der Waals surface area contributed by atoms with E-state index in [0.717, 1.165) is 26.8 Å². The van der Waals surface area contributed by atoms with Crippen molar-refractivity contribution in [3.05, 3.63) is 65.3 Å². The highest BCUT2D eigenvalue weighted by Gasteiger charge is 2.26. The van der Waals surface area contributed by atoms with Gasteiger partial charge >= 0.3 is 0 Å². The molecule has 4 rings (SSSR count). The molecule has 0 aliphatic carbocycles. The standard InChI is InChI=1S/C23H25ClN2O2S/c1-16-11-26(12-17(2)28-16)23(27)14-25-13-22(19-8-4-6-10-21(19)25)29-15-18-7-3-5-9-20(18)24/h3-10,13,16-17H,11-12,14-15H2,1-2H3. The van der Waals surface area contributed by atoms with E-state index in [1.165, 1.54) is 5.39 Å². The van der Waals surface area contributed by atoms with Crippen molar-refractivity contribution < 1.29 is 9.53 Å². The number of benzene rings is 2. The number of para-hydroxylation sites is 1. The second-order valence-corrected chi connectivity index (χ2v) is 9.00. The quantitative estimate of drug-likeness (QED) is 0.522. The molecular weight excluding hydrogens is 404 g/mol. The first-order valence-corrected chi connectivity index (χ1v) is 11.2. The number of carbonyl (C=O) groups excluding carboxylic acids is 1. The van der Waals surface area contributed by atoms with Crippen LogP contribution in [0.3, 0.4) is 0 Å². The second kappa shape index (κ2) is 8.82. The lowest BCUT2D eigenvalue weighted by Gasteiger charge is -2.35. The van der Waals surface area contributed by atoms with Crippen LogP contribution in [-0.4, -0.2) is 40.7 Å². The molecule has 1 fully saturated rings. The van der Waals surface area contributed by atoms with Crippen molar-refractivity contribution in [2.45, 2.75) is 43.2 Å². The summed E-state index contributed by atoms with van der Waals surface area (Å²) in [6, 6.07) is 16.2. The summed E-state index contributed by atoms with van der Waals surface area (Å²) in [5.74, 6) is 0.926. The Hall–Kier alpha value is -1.95. The summed E-state index contributed by atoms with van der Waals surface area (Å²) in [5.41, 5.74) is 2.19. The van der Waals surface area contributed by atoms with Crippen LogP contribution in [0.2, 0.25) is 5.02 Å². The molecule has 1 aliphatic heterocycles. The topological polar surface area (TPSA) is 34.5 Å². The van der Waals surface area contributed by atoms with Gasteiger partial charge in [-0.3, -0.25) is 4.79 Å². The Kier molecular flexibility index (Phi) is 6.18. The molecule has 152 valence electrons. The van der Waals surface area contributed by atoms with E-state index in [1.54, 1.807) is 11.8 Å². The zero-order chi connectivity index (χ0) is 20.4. The van der Waals surface area contributed by atoms with E-state index in [9.17, 15) is 4.79 Å². The van der Waals surface area contributed by atoms with Gasteiger partial charge in [0.2, 0.25) is 5.91 Å². The maximum Gasteiger partial charge on any atom is 0.242 e. The highest BCUT2D eigenvalue weighted by Crippen LogP contribution is 2.33. The molecule has 2 heterocycles. The summed E-state index contributed by atoms with van der Waals surface area (Å²) in [5, 5.41) is 1.95. The summed E-state index contributed by atoms with van der Waals surface area (Å²) in [4.78, 5) is 16.0. The van der Waals surface area contributed by atoms with Crippen LogP contribution in [0.4, 0.5) is 0 Å². The first-order chi connectivity index (χ1) is 14.0. The Labute approximate surface area is 180 Å². The molecule has 3 aromatic rings. The van der Waals surface area contributed by atoms with Crippen molar-refractivity contribution in [1.29, 1.82) is 0 Å². The molecule has 0 saturated carbocycles. The lowest BCUT2D eigenvalue weighted by molar-refractivity contribution is -0.143. The maximum absolute atomic E-state index is 13.0. The van der Waals surface area contributed by atoms with E-state index >= 15 is 0 Å². The van der Waals surface area contributed by atoms with E-state index in [2.05, 4.69) is 29.0 Å². The zero-order valence-corrected chi connectivity index (χ0v) is 18.2. The third-order valence-electron chi connectivity index (χ3n) is 5.17. The summed E-state index contributed by atoms with van der Waals surface area (Å²) in [7, 11) is 0. The van der Waals surface area contributed by atoms with Crippen LogP contribution in [0.1, 0.15) is 19.4 Å². The van der Waals surface area contributed by atoms with Gasteiger partial charge in [-0.15, -0.1) is 11.8 Å². The number of rotatable bonds is 5. The Morgan fingerprint density at radius 2 is 1.79 bits per heavy atom. The van der Waals surface area contributed by atoms with Gasteiger partial charge in [0.05, 0.1) is 12.2 Å². The fraction of sp³-hybridized carbons (Fsp3) is 0.348. The Balaban J connectivity index is 1.54. The lowest BCUT2D eigenvalue weighted by Crippen LogP contribution is -2.49. The molecule has 1 saturated heterocycles. The van der Waals surface area contributed by atoms with Gasteiger partial charge in [-0.25, -0.2) is 0 Å². The molecular formula is C23H25ClN2O2S. The number of carbonyl (C=O) groups is 1. The molecule has 29 heavy (non-hydrogen) atoms. The maximum atomic E-state index is 13.0. The second-order valence-electron chi connectivity index (χ2n) is 7.57. The molecule has 2 unspecified atom stereocenters. The van der Waals surface area contributed by atoms with Crippen LogP contribution in [0, 0.1) is 0 Å². The molecule has 1 amide bonds. The zero-order valence-electron chi connectivity index (χ0n) is 16.7. The van der Waals surface area contributed by atoms with Crippen LogP contribution in [-0.2, 0) is 21.8 Å². The van der Waals surface area contributed by atoms with Crippen molar-refractivity contribution in [2.75, 3.05) is 13.1 Å². The van der Waals surface area contributed by atoms with Crippen molar-refractivity contribution in [2.24, 2.45) is 0 Å². The summed E-state index contributed by atoms with van der Waals surface area (Å²) >= 11 is 8.06. The molecule has 1 aromatic heterocycles. The van der Waals surface area contributed by atoms with E-state index in [4.69, 9.17) is 16.3 Å². The van der Waals surface area contributed by atoms with Crippen LogP contribution in [0.5, 0.6) is 0 Å². The van der Waals surface area contributed by atoms with Crippen molar-refractivity contribution in [3.63, 3.8) is 0 Å². The number of ether oxygens (including phenoxy) is 1. The number of amides is 1. The summed E-state index contributed by atoms with van der Waals surface area (Å²) in [6.45, 7) is 5.68. The number of morpholine rings is 1. The van der Waals surface area contributed by atoms with Crippen LogP contribution in [0.15, 0.2) is 59.6 Å².